The van der Waals surface area contributed by atoms with E-state index in [2.05, 4.69) is 9.98 Å². The Morgan fingerprint density at radius 2 is 1.72 bits per heavy atom. The third-order valence-electron chi connectivity index (χ3n) is 4.05. The smallest absolute Gasteiger partial charge is 0.151 e. The molecule has 3 aromatic carbocycles. The molecule has 0 aliphatic carbocycles. The highest BCUT2D eigenvalue weighted by molar-refractivity contribution is 8.00. The fraction of sp³-hybridized carbons (Fsp3) is 0.0476. The Bertz CT molecular complexity index is 1200. The summed E-state index contributed by atoms with van der Waals surface area (Å²) < 4.78 is 2.02. The summed E-state index contributed by atoms with van der Waals surface area (Å²) in [6, 6.07) is 16.8. The van der Waals surface area contributed by atoms with Crippen molar-refractivity contribution in [3.8, 4) is 0 Å². The molecule has 0 spiro atoms. The summed E-state index contributed by atoms with van der Waals surface area (Å²) in [7, 11) is 0. The van der Waals surface area contributed by atoms with Crippen LogP contribution in [-0.4, -0.2) is 11.2 Å². The van der Waals surface area contributed by atoms with E-state index in [1.807, 2.05) is 30.3 Å². The lowest BCUT2D eigenvalue weighted by Gasteiger charge is -2.02. The maximum absolute atomic E-state index is 6.25. The van der Waals surface area contributed by atoms with E-state index >= 15 is 0 Å². The predicted octanol–water partition coefficient (Wildman–Crippen LogP) is 8.95. The van der Waals surface area contributed by atoms with Crippen molar-refractivity contribution in [3.05, 3.63) is 85.8 Å². The van der Waals surface area contributed by atoms with E-state index in [-0.39, 0.29) is 0 Å². The lowest BCUT2D eigenvalue weighted by Crippen LogP contribution is -1.84. The molecule has 0 bridgehead atoms. The van der Waals surface area contributed by atoms with Gasteiger partial charge in [-0.25, -0.2) is 4.98 Å². The number of fused-ring (bicyclic) bond motifs is 1. The number of benzene rings is 3. The monoisotopic (exact) mass is 496 g/mol. The Labute approximate surface area is 196 Å². The molecule has 0 aliphatic heterocycles. The number of hydrogen-bond acceptors (Lipinski definition) is 4. The van der Waals surface area contributed by atoms with Gasteiger partial charge in [0.1, 0.15) is 0 Å². The van der Waals surface area contributed by atoms with Gasteiger partial charge in [-0.3, -0.25) is 4.99 Å². The summed E-state index contributed by atoms with van der Waals surface area (Å²) in [5.74, 6) is 0.704. The second kappa shape index (κ2) is 9.25. The van der Waals surface area contributed by atoms with Crippen LogP contribution in [0.4, 0.5) is 5.69 Å². The molecule has 2 nitrogen and oxygen atoms in total. The topological polar surface area (TPSA) is 25.2 Å². The van der Waals surface area contributed by atoms with Gasteiger partial charge in [0, 0.05) is 27.6 Å². The molecule has 0 unspecified atom stereocenters. The highest BCUT2D eigenvalue weighted by Gasteiger charge is 2.08. The zero-order chi connectivity index (χ0) is 20.4. The summed E-state index contributed by atoms with van der Waals surface area (Å²) in [4.78, 5) is 9.20. The molecule has 0 saturated heterocycles. The van der Waals surface area contributed by atoms with Gasteiger partial charge in [-0.1, -0.05) is 64.2 Å². The minimum atomic E-state index is 0.568. The first-order valence-corrected chi connectivity index (χ1v) is 11.8. The van der Waals surface area contributed by atoms with Crippen molar-refractivity contribution in [2.45, 2.75) is 10.1 Å². The molecule has 1 aromatic heterocycles. The quantitative estimate of drug-likeness (QED) is 0.203. The molecule has 4 aromatic rings. The van der Waals surface area contributed by atoms with Crippen molar-refractivity contribution in [3.63, 3.8) is 0 Å². The van der Waals surface area contributed by atoms with Crippen molar-refractivity contribution in [2.24, 2.45) is 4.99 Å². The largest absolute Gasteiger partial charge is 0.256 e. The van der Waals surface area contributed by atoms with Crippen molar-refractivity contribution in [2.75, 3.05) is 0 Å². The Morgan fingerprint density at radius 1 is 0.931 bits per heavy atom. The first-order valence-electron chi connectivity index (χ1n) is 8.45. The number of nitrogens with zero attached hydrogens (tertiary/aromatic N) is 2. The lowest BCUT2D eigenvalue weighted by atomic mass is 10.2. The molecular formula is C21H12Cl4N2S2. The number of thioether (sulfide) groups is 1. The van der Waals surface area contributed by atoms with Gasteiger partial charge in [0.25, 0.3) is 0 Å². The van der Waals surface area contributed by atoms with Crippen LogP contribution in [0.1, 0.15) is 11.1 Å². The van der Waals surface area contributed by atoms with Gasteiger partial charge in [-0.15, -0.1) is 11.3 Å². The van der Waals surface area contributed by atoms with Crippen molar-refractivity contribution in [1.29, 1.82) is 0 Å². The van der Waals surface area contributed by atoms with Gasteiger partial charge in [-0.05, 0) is 54.1 Å². The normalized spacial score (nSPS) is 11.6. The van der Waals surface area contributed by atoms with Crippen LogP contribution in [0.2, 0.25) is 20.1 Å². The third-order valence-corrected chi connectivity index (χ3v) is 7.53. The zero-order valence-corrected chi connectivity index (χ0v) is 19.4. The molecule has 1 heterocycles. The molecule has 0 fully saturated rings. The van der Waals surface area contributed by atoms with Crippen LogP contribution < -0.4 is 0 Å². The number of aliphatic imine (C=N–C) groups is 1. The summed E-state index contributed by atoms with van der Waals surface area (Å²) in [6.45, 7) is 0. The van der Waals surface area contributed by atoms with Crippen LogP contribution >= 0.6 is 69.5 Å². The molecule has 0 aliphatic rings. The number of halogens is 4. The molecule has 0 amide bonds. The molecule has 0 saturated carbocycles. The van der Waals surface area contributed by atoms with Crippen LogP contribution in [0.3, 0.4) is 0 Å². The van der Waals surface area contributed by atoms with Crippen LogP contribution in [-0.2, 0) is 5.75 Å². The average Bonchev–Trinajstić information content (AvgIpc) is 3.10. The van der Waals surface area contributed by atoms with Crippen LogP contribution in [0, 0.1) is 0 Å². The SMILES string of the molecule is Clc1ccc(Cl)c(CSc2nc3ccc(N=Cc4c(Cl)cccc4Cl)cc3s2)c1. The van der Waals surface area contributed by atoms with Crippen LogP contribution in [0.5, 0.6) is 0 Å². The molecule has 29 heavy (non-hydrogen) atoms. The predicted molar refractivity (Wildman–Crippen MR) is 129 cm³/mol. The second-order valence-electron chi connectivity index (χ2n) is 6.05. The van der Waals surface area contributed by atoms with Crippen LogP contribution in [0.15, 0.2) is 63.9 Å². The molecule has 8 heteroatoms. The average molecular weight is 498 g/mol. The van der Waals surface area contributed by atoms with E-state index in [1.54, 1.807) is 53.6 Å². The number of rotatable bonds is 5. The standard InChI is InChI=1S/C21H12Cl4N2S2/c22-13-4-6-16(23)12(8-13)11-28-21-27-19-7-5-14(9-20(19)29-21)26-10-15-17(24)2-1-3-18(15)25/h1-10H,11H2. The molecule has 0 atom stereocenters. The maximum atomic E-state index is 6.25. The molecule has 146 valence electrons. The van der Waals surface area contributed by atoms with Crippen molar-refractivity contribution in [1.82, 2.24) is 4.98 Å². The first-order chi connectivity index (χ1) is 14.0. The Morgan fingerprint density at radius 3 is 2.52 bits per heavy atom. The second-order valence-corrected chi connectivity index (χ2v) is 9.96. The van der Waals surface area contributed by atoms with E-state index < -0.39 is 0 Å². The highest BCUT2D eigenvalue weighted by atomic mass is 35.5. The lowest BCUT2D eigenvalue weighted by molar-refractivity contribution is 1.29. The minimum Gasteiger partial charge on any atom is -0.256 e. The van der Waals surface area contributed by atoms with Gasteiger partial charge in [-0.2, -0.15) is 0 Å². The molecule has 0 radical (unpaired) electrons. The number of hydrogen-bond donors (Lipinski definition) is 0. The number of thiazole rings is 1. The van der Waals surface area contributed by atoms with E-state index in [0.29, 0.717) is 31.4 Å². The molecular weight excluding hydrogens is 486 g/mol. The first kappa shape index (κ1) is 21.0. The highest BCUT2D eigenvalue weighted by Crippen LogP contribution is 2.35. The van der Waals surface area contributed by atoms with Crippen molar-refractivity contribution >= 4 is 91.6 Å². The Hall–Kier alpha value is -1.27. The van der Waals surface area contributed by atoms with E-state index in [4.69, 9.17) is 46.4 Å². The van der Waals surface area contributed by atoms with E-state index in [0.717, 1.165) is 25.8 Å². The zero-order valence-electron chi connectivity index (χ0n) is 14.7. The van der Waals surface area contributed by atoms with Crippen LogP contribution in [0.25, 0.3) is 10.2 Å². The van der Waals surface area contributed by atoms with E-state index in [9.17, 15) is 0 Å². The summed E-state index contributed by atoms with van der Waals surface area (Å²) >= 11 is 28.0. The maximum Gasteiger partial charge on any atom is 0.151 e. The minimum absolute atomic E-state index is 0.568. The molecule has 0 N–H and O–H groups in total. The van der Waals surface area contributed by atoms with Gasteiger partial charge >= 0.3 is 0 Å². The van der Waals surface area contributed by atoms with Gasteiger partial charge in [0.05, 0.1) is 25.9 Å². The van der Waals surface area contributed by atoms with E-state index in [1.165, 1.54) is 0 Å². The Kier molecular flexibility index (Phi) is 6.69. The fourth-order valence-corrected chi connectivity index (χ4v) is 5.65. The van der Waals surface area contributed by atoms with Gasteiger partial charge < -0.3 is 0 Å². The van der Waals surface area contributed by atoms with Gasteiger partial charge in [0.15, 0.2) is 4.34 Å². The molecule has 4 rings (SSSR count). The fourth-order valence-electron chi connectivity index (χ4n) is 2.60. The number of aromatic nitrogens is 1. The summed E-state index contributed by atoms with van der Waals surface area (Å²) in [5.41, 5.74) is 3.44. The Balaban J connectivity index is 1.53. The summed E-state index contributed by atoms with van der Waals surface area (Å²) in [5, 5.41) is 2.52. The third kappa shape index (κ3) is 5.08. The summed E-state index contributed by atoms with van der Waals surface area (Å²) in [6.07, 6.45) is 1.68. The van der Waals surface area contributed by atoms with Gasteiger partial charge in [0.2, 0.25) is 0 Å². The van der Waals surface area contributed by atoms with Crippen molar-refractivity contribution < 1.29 is 0 Å².